The van der Waals surface area contributed by atoms with Gasteiger partial charge in [0.1, 0.15) is 11.9 Å². The summed E-state index contributed by atoms with van der Waals surface area (Å²) in [5.74, 6) is -0.583. The summed E-state index contributed by atoms with van der Waals surface area (Å²) in [5, 5.41) is 8.79. The van der Waals surface area contributed by atoms with Crippen molar-refractivity contribution in [2.24, 2.45) is 0 Å². The molecule has 4 nitrogen and oxygen atoms in total. The van der Waals surface area contributed by atoms with Crippen molar-refractivity contribution < 1.29 is 12.8 Å². The van der Waals surface area contributed by atoms with Crippen LogP contribution < -0.4 is 4.72 Å². The van der Waals surface area contributed by atoms with E-state index in [1.54, 1.807) is 6.07 Å². The fraction of sp³-hybridized carbons (Fsp3) is 0.364. The summed E-state index contributed by atoms with van der Waals surface area (Å²) in [6, 6.07) is 5.06. The number of hydrogen-bond donors (Lipinski definition) is 1. The Kier molecular flexibility index (Phi) is 3.43. The first-order valence-corrected chi connectivity index (χ1v) is 6.38. The molecule has 1 N–H and O–H groups in total. The van der Waals surface area contributed by atoms with E-state index in [1.165, 1.54) is 26.8 Å². The van der Waals surface area contributed by atoms with Gasteiger partial charge in [-0.2, -0.15) is 5.26 Å². The number of benzene rings is 1. The summed E-state index contributed by atoms with van der Waals surface area (Å²) in [6.07, 6.45) is 0. The highest BCUT2D eigenvalue weighted by Gasteiger charge is 2.29. The van der Waals surface area contributed by atoms with Gasteiger partial charge in [0.2, 0.25) is 10.0 Å². The summed E-state index contributed by atoms with van der Waals surface area (Å²) >= 11 is 0. The minimum absolute atomic E-state index is 0.0437. The lowest BCUT2D eigenvalue weighted by Gasteiger charge is -2.20. The highest BCUT2D eigenvalue weighted by Crippen LogP contribution is 2.22. The van der Waals surface area contributed by atoms with E-state index in [-0.39, 0.29) is 11.3 Å². The zero-order valence-electron chi connectivity index (χ0n) is 9.78. The first-order valence-electron chi connectivity index (χ1n) is 4.89. The van der Waals surface area contributed by atoms with Gasteiger partial charge in [0, 0.05) is 0 Å². The molecule has 1 aromatic rings. The van der Waals surface area contributed by atoms with Crippen LogP contribution in [0.3, 0.4) is 0 Å². The fourth-order valence-corrected chi connectivity index (χ4v) is 1.77. The number of nitrogens with zero attached hydrogens (tertiary/aromatic N) is 1. The first-order chi connectivity index (χ1) is 7.67. The molecule has 1 rings (SSSR count). The molecule has 0 aliphatic carbocycles. The third-order valence-electron chi connectivity index (χ3n) is 2.15. The standard InChI is InChI=1S/C11H13FN2O2S/c1-11(2,3)17(15,16)14-10-5-4-9(12)6-8(10)7-13/h4-6,14H,1-3H3. The van der Waals surface area contributed by atoms with Crippen molar-refractivity contribution in [3.05, 3.63) is 29.6 Å². The Balaban J connectivity index is 3.19. The second-order valence-electron chi connectivity index (χ2n) is 4.52. The third-order valence-corrected chi connectivity index (χ3v) is 4.25. The van der Waals surface area contributed by atoms with Crippen LogP contribution in [0.25, 0.3) is 0 Å². The fourth-order valence-electron chi connectivity index (χ4n) is 0.996. The summed E-state index contributed by atoms with van der Waals surface area (Å²) in [5.41, 5.74) is 0.0432. The number of nitriles is 1. The van der Waals surface area contributed by atoms with Crippen molar-refractivity contribution in [1.29, 1.82) is 5.26 Å². The number of anilines is 1. The predicted octanol–water partition coefficient (Wildman–Crippen LogP) is 2.24. The van der Waals surface area contributed by atoms with Crippen molar-refractivity contribution in [2.45, 2.75) is 25.5 Å². The van der Waals surface area contributed by atoms with Crippen LogP contribution in [0.1, 0.15) is 26.3 Å². The van der Waals surface area contributed by atoms with Gasteiger partial charge >= 0.3 is 0 Å². The summed E-state index contributed by atoms with van der Waals surface area (Å²) < 4.78 is 37.9. The van der Waals surface area contributed by atoms with E-state index in [0.29, 0.717) is 0 Å². The monoisotopic (exact) mass is 256 g/mol. The van der Waals surface area contributed by atoms with Gasteiger partial charge in [-0.1, -0.05) is 0 Å². The lowest BCUT2D eigenvalue weighted by atomic mass is 10.2. The molecule has 0 bridgehead atoms. The van der Waals surface area contributed by atoms with E-state index >= 15 is 0 Å². The second kappa shape index (κ2) is 4.34. The Labute approximate surface area is 100 Å². The Bertz CT molecular complexity index is 568. The van der Waals surface area contributed by atoms with Crippen LogP contribution in [-0.2, 0) is 10.0 Å². The average molecular weight is 256 g/mol. The highest BCUT2D eigenvalue weighted by atomic mass is 32.2. The van der Waals surface area contributed by atoms with E-state index < -0.39 is 20.6 Å². The Morgan fingerprint density at radius 2 is 1.94 bits per heavy atom. The summed E-state index contributed by atoms with van der Waals surface area (Å²) in [4.78, 5) is 0. The molecule has 0 fully saturated rings. The molecule has 0 spiro atoms. The predicted molar refractivity (Wildman–Crippen MR) is 63.4 cm³/mol. The molecule has 0 aromatic heterocycles. The molecule has 17 heavy (non-hydrogen) atoms. The molecular weight excluding hydrogens is 243 g/mol. The van der Waals surface area contributed by atoms with Gasteiger partial charge in [-0.3, -0.25) is 4.72 Å². The van der Waals surface area contributed by atoms with Crippen LogP contribution in [0.4, 0.5) is 10.1 Å². The number of halogens is 1. The van der Waals surface area contributed by atoms with Crippen LogP contribution in [0.2, 0.25) is 0 Å². The molecule has 6 heteroatoms. The zero-order valence-corrected chi connectivity index (χ0v) is 10.6. The van der Waals surface area contributed by atoms with Crippen LogP contribution in [0, 0.1) is 17.1 Å². The van der Waals surface area contributed by atoms with Crippen molar-refractivity contribution >= 4 is 15.7 Å². The van der Waals surface area contributed by atoms with E-state index in [9.17, 15) is 12.8 Å². The van der Waals surface area contributed by atoms with Crippen LogP contribution in [0.5, 0.6) is 0 Å². The molecule has 0 unspecified atom stereocenters. The van der Waals surface area contributed by atoms with Gasteiger partial charge in [-0.05, 0) is 39.0 Å². The quantitative estimate of drug-likeness (QED) is 0.882. The molecule has 0 radical (unpaired) electrons. The van der Waals surface area contributed by atoms with Crippen molar-refractivity contribution in [2.75, 3.05) is 4.72 Å². The van der Waals surface area contributed by atoms with Crippen LogP contribution in [-0.4, -0.2) is 13.2 Å². The van der Waals surface area contributed by atoms with Gasteiger partial charge in [0.05, 0.1) is 16.0 Å². The number of nitrogens with one attached hydrogen (secondary N) is 1. The zero-order chi connectivity index (χ0) is 13.3. The Morgan fingerprint density at radius 3 is 2.41 bits per heavy atom. The molecule has 0 aliphatic heterocycles. The maximum atomic E-state index is 12.9. The topological polar surface area (TPSA) is 70.0 Å². The van der Waals surface area contributed by atoms with E-state index in [0.717, 1.165) is 12.1 Å². The minimum Gasteiger partial charge on any atom is -0.282 e. The molecule has 1 aromatic carbocycles. The minimum atomic E-state index is -3.62. The van der Waals surface area contributed by atoms with Gasteiger partial charge in [0.25, 0.3) is 0 Å². The summed E-state index contributed by atoms with van der Waals surface area (Å²) in [6.45, 7) is 4.60. The largest absolute Gasteiger partial charge is 0.282 e. The van der Waals surface area contributed by atoms with Gasteiger partial charge < -0.3 is 0 Å². The Hall–Kier alpha value is -1.61. The lowest BCUT2D eigenvalue weighted by molar-refractivity contribution is 0.566. The Morgan fingerprint density at radius 1 is 1.35 bits per heavy atom. The van der Waals surface area contributed by atoms with E-state index in [2.05, 4.69) is 4.72 Å². The van der Waals surface area contributed by atoms with Gasteiger partial charge in [0.15, 0.2) is 0 Å². The van der Waals surface area contributed by atoms with Gasteiger partial charge in [-0.25, -0.2) is 12.8 Å². The number of hydrogen-bond acceptors (Lipinski definition) is 3. The maximum Gasteiger partial charge on any atom is 0.237 e. The lowest BCUT2D eigenvalue weighted by Crippen LogP contribution is -2.33. The number of sulfonamides is 1. The first kappa shape index (κ1) is 13.5. The van der Waals surface area contributed by atoms with E-state index in [4.69, 9.17) is 5.26 Å². The third kappa shape index (κ3) is 2.94. The smallest absolute Gasteiger partial charge is 0.237 e. The normalized spacial score (nSPS) is 11.9. The molecule has 0 saturated heterocycles. The number of rotatable bonds is 2. The SMILES string of the molecule is CC(C)(C)S(=O)(=O)Nc1ccc(F)cc1C#N. The van der Waals surface area contributed by atoms with Crippen molar-refractivity contribution in [1.82, 2.24) is 0 Å². The summed E-state index contributed by atoms with van der Waals surface area (Å²) in [7, 11) is -3.62. The molecule has 0 saturated carbocycles. The van der Waals surface area contributed by atoms with Gasteiger partial charge in [-0.15, -0.1) is 0 Å². The highest BCUT2D eigenvalue weighted by molar-refractivity contribution is 7.94. The van der Waals surface area contributed by atoms with E-state index in [1.807, 2.05) is 0 Å². The average Bonchev–Trinajstić information content (AvgIpc) is 2.18. The maximum absolute atomic E-state index is 12.9. The molecule has 0 aliphatic rings. The second-order valence-corrected chi connectivity index (χ2v) is 6.96. The van der Waals surface area contributed by atoms with Crippen LogP contribution >= 0.6 is 0 Å². The molecule has 0 atom stereocenters. The van der Waals surface area contributed by atoms with Crippen molar-refractivity contribution in [3.8, 4) is 6.07 Å². The van der Waals surface area contributed by atoms with Crippen LogP contribution in [0.15, 0.2) is 18.2 Å². The van der Waals surface area contributed by atoms with Crippen molar-refractivity contribution in [3.63, 3.8) is 0 Å². The molecule has 92 valence electrons. The molecule has 0 heterocycles. The molecular formula is C11H13FN2O2S. The molecule has 0 amide bonds.